The predicted molar refractivity (Wildman–Crippen MR) is 65.2 cm³/mol. The average molecular weight is 235 g/mol. The van der Waals surface area contributed by atoms with Crippen molar-refractivity contribution in [2.24, 2.45) is 5.92 Å². The van der Waals surface area contributed by atoms with Gasteiger partial charge in [0, 0.05) is 32.6 Å². The van der Waals surface area contributed by atoms with Crippen LogP contribution >= 0.6 is 0 Å². The second-order valence-electron chi connectivity index (χ2n) is 5.17. The summed E-state index contributed by atoms with van der Waals surface area (Å²) >= 11 is 0. The molecule has 1 saturated heterocycles. The number of rotatable bonds is 3. The average Bonchev–Trinajstić information content (AvgIpc) is 2.83. The van der Waals surface area contributed by atoms with Crippen LogP contribution in [-0.2, 0) is 4.79 Å². The summed E-state index contributed by atoms with van der Waals surface area (Å²) in [5, 5.41) is 8.61. The quantitative estimate of drug-likeness (QED) is 0.691. The molecule has 0 aromatic rings. The van der Waals surface area contributed by atoms with Gasteiger partial charge in [0.1, 0.15) is 0 Å². The van der Waals surface area contributed by atoms with E-state index in [-0.39, 0.29) is 0 Å². The van der Waals surface area contributed by atoms with Gasteiger partial charge in [0.2, 0.25) is 5.91 Å². The molecule has 0 aromatic carbocycles. The van der Waals surface area contributed by atoms with Crippen molar-refractivity contribution in [2.45, 2.75) is 32.1 Å². The maximum atomic E-state index is 12.1. The first-order valence-corrected chi connectivity index (χ1v) is 6.66. The minimum atomic E-state index is 0.327. The van der Waals surface area contributed by atoms with E-state index in [1.54, 1.807) is 0 Å². The van der Waals surface area contributed by atoms with Crippen LogP contribution < -0.4 is 0 Å². The SMILES string of the molecule is N#CCN1CCN(C(=O)CC2CCCC2)CC1. The van der Waals surface area contributed by atoms with Crippen molar-refractivity contribution in [3.63, 3.8) is 0 Å². The Kier molecular flexibility index (Phi) is 4.38. The Morgan fingerprint density at radius 1 is 1.18 bits per heavy atom. The number of hydrogen-bond donors (Lipinski definition) is 0. The van der Waals surface area contributed by atoms with E-state index in [4.69, 9.17) is 5.26 Å². The fraction of sp³-hybridized carbons (Fsp3) is 0.846. The van der Waals surface area contributed by atoms with Gasteiger partial charge in [-0.2, -0.15) is 5.26 Å². The highest BCUT2D eigenvalue weighted by atomic mass is 16.2. The molecule has 1 amide bonds. The zero-order valence-corrected chi connectivity index (χ0v) is 10.4. The zero-order valence-electron chi connectivity index (χ0n) is 10.4. The molecule has 2 aliphatic rings. The number of hydrogen-bond acceptors (Lipinski definition) is 3. The summed E-state index contributed by atoms with van der Waals surface area (Å²) in [6, 6.07) is 2.16. The molecule has 2 fully saturated rings. The molecule has 4 heteroatoms. The smallest absolute Gasteiger partial charge is 0.222 e. The molecule has 0 spiro atoms. The van der Waals surface area contributed by atoms with E-state index in [1.165, 1.54) is 25.7 Å². The normalized spacial score (nSPS) is 22.6. The van der Waals surface area contributed by atoms with Crippen LogP contribution in [0.1, 0.15) is 32.1 Å². The third-order valence-corrected chi connectivity index (χ3v) is 3.96. The molecule has 0 unspecified atom stereocenters. The summed E-state index contributed by atoms with van der Waals surface area (Å²) in [4.78, 5) is 16.1. The van der Waals surface area contributed by atoms with Crippen LogP contribution in [-0.4, -0.2) is 48.4 Å². The summed E-state index contributed by atoms with van der Waals surface area (Å²) < 4.78 is 0. The molecule has 2 rings (SSSR count). The lowest BCUT2D eigenvalue weighted by molar-refractivity contribution is -0.133. The van der Waals surface area contributed by atoms with Gasteiger partial charge in [0.15, 0.2) is 0 Å². The molecule has 1 aliphatic heterocycles. The van der Waals surface area contributed by atoms with Crippen LogP contribution in [0.5, 0.6) is 0 Å². The highest BCUT2D eigenvalue weighted by Gasteiger charge is 2.24. The van der Waals surface area contributed by atoms with Crippen molar-refractivity contribution in [2.75, 3.05) is 32.7 Å². The maximum absolute atomic E-state index is 12.1. The molecule has 1 aliphatic carbocycles. The largest absolute Gasteiger partial charge is 0.340 e. The van der Waals surface area contributed by atoms with Gasteiger partial charge >= 0.3 is 0 Å². The minimum Gasteiger partial charge on any atom is -0.340 e. The standard InChI is InChI=1S/C13H21N3O/c14-5-6-15-7-9-16(10-8-15)13(17)11-12-3-1-2-4-12/h12H,1-4,6-11H2. The van der Waals surface area contributed by atoms with E-state index in [0.717, 1.165) is 32.6 Å². The van der Waals surface area contributed by atoms with Crippen LogP contribution in [0.15, 0.2) is 0 Å². The highest BCUT2D eigenvalue weighted by Crippen LogP contribution is 2.28. The second-order valence-corrected chi connectivity index (χ2v) is 5.17. The molecular formula is C13H21N3O. The van der Waals surface area contributed by atoms with E-state index in [2.05, 4.69) is 11.0 Å². The van der Waals surface area contributed by atoms with Crippen molar-refractivity contribution in [1.29, 1.82) is 5.26 Å². The van der Waals surface area contributed by atoms with Crippen LogP contribution in [0.2, 0.25) is 0 Å². The van der Waals surface area contributed by atoms with Crippen LogP contribution in [0.25, 0.3) is 0 Å². The van der Waals surface area contributed by atoms with Crippen LogP contribution in [0, 0.1) is 17.2 Å². The molecule has 0 bridgehead atoms. The molecule has 0 aromatic heterocycles. The molecule has 0 N–H and O–H groups in total. The summed E-state index contributed by atoms with van der Waals surface area (Å²) in [5.41, 5.74) is 0. The Morgan fingerprint density at radius 2 is 1.82 bits per heavy atom. The van der Waals surface area contributed by atoms with Gasteiger partial charge in [-0.3, -0.25) is 9.69 Å². The Hall–Kier alpha value is -1.08. The van der Waals surface area contributed by atoms with Gasteiger partial charge in [-0.15, -0.1) is 0 Å². The third kappa shape index (κ3) is 3.44. The number of nitriles is 1. The van der Waals surface area contributed by atoms with Crippen LogP contribution in [0.4, 0.5) is 0 Å². The molecule has 17 heavy (non-hydrogen) atoms. The lowest BCUT2D eigenvalue weighted by Crippen LogP contribution is -2.48. The number of carbonyl (C=O) groups is 1. The Bertz CT molecular complexity index is 296. The van der Waals surface area contributed by atoms with E-state index in [1.807, 2.05) is 4.90 Å². The highest BCUT2D eigenvalue weighted by molar-refractivity contribution is 5.76. The minimum absolute atomic E-state index is 0.327. The second kappa shape index (κ2) is 6.02. The van der Waals surface area contributed by atoms with Crippen molar-refractivity contribution in [3.8, 4) is 6.07 Å². The summed E-state index contributed by atoms with van der Waals surface area (Å²) in [6.45, 7) is 3.79. The molecule has 94 valence electrons. The first-order chi connectivity index (χ1) is 8.29. The molecule has 1 saturated carbocycles. The Morgan fingerprint density at radius 3 is 2.41 bits per heavy atom. The van der Waals surface area contributed by atoms with E-state index >= 15 is 0 Å². The fourth-order valence-electron chi connectivity index (χ4n) is 2.85. The lowest BCUT2D eigenvalue weighted by atomic mass is 10.0. The zero-order chi connectivity index (χ0) is 12.1. The van der Waals surface area contributed by atoms with Crippen LogP contribution in [0.3, 0.4) is 0 Å². The maximum Gasteiger partial charge on any atom is 0.222 e. The topological polar surface area (TPSA) is 47.3 Å². The van der Waals surface area contributed by atoms with Gasteiger partial charge in [-0.25, -0.2) is 0 Å². The molecular weight excluding hydrogens is 214 g/mol. The van der Waals surface area contributed by atoms with Crippen molar-refractivity contribution >= 4 is 5.91 Å². The summed E-state index contributed by atoms with van der Waals surface area (Å²) in [5.74, 6) is 0.966. The lowest BCUT2D eigenvalue weighted by Gasteiger charge is -2.34. The predicted octanol–water partition coefficient (Wildman–Crippen LogP) is 1.23. The van der Waals surface area contributed by atoms with Gasteiger partial charge < -0.3 is 4.90 Å². The molecule has 0 atom stereocenters. The van der Waals surface area contributed by atoms with E-state index in [0.29, 0.717) is 18.4 Å². The van der Waals surface area contributed by atoms with Gasteiger partial charge in [-0.05, 0) is 18.8 Å². The third-order valence-electron chi connectivity index (χ3n) is 3.96. The number of amides is 1. The number of carbonyl (C=O) groups excluding carboxylic acids is 1. The van der Waals surface area contributed by atoms with E-state index in [9.17, 15) is 4.79 Å². The first-order valence-electron chi connectivity index (χ1n) is 6.66. The fourth-order valence-corrected chi connectivity index (χ4v) is 2.85. The van der Waals surface area contributed by atoms with Crippen molar-refractivity contribution in [1.82, 2.24) is 9.80 Å². The van der Waals surface area contributed by atoms with Crippen molar-refractivity contribution in [3.05, 3.63) is 0 Å². The van der Waals surface area contributed by atoms with E-state index < -0.39 is 0 Å². The van der Waals surface area contributed by atoms with Gasteiger partial charge in [0.25, 0.3) is 0 Å². The Balaban J connectivity index is 1.72. The first kappa shape index (κ1) is 12.4. The monoisotopic (exact) mass is 235 g/mol. The summed E-state index contributed by atoms with van der Waals surface area (Å²) in [7, 11) is 0. The number of piperazine rings is 1. The summed E-state index contributed by atoms with van der Waals surface area (Å²) in [6.07, 6.45) is 5.82. The number of nitrogens with zero attached hydrogens (tertiary/aromatic N) is 3. The Labute approximate surface area is 103 Å². The molecule has 1 heterocycles. The van der Waals surface area contributed by atoms with Crippen molar-refractivity contribution < 1.29 is 4.79 Å². The van der Waals surface area contributed by atoms with Gasteiger partial charge in [0.05, 0.1) is 12.6 Å². The molecule has 0 radical (unpaired) electrons. The van der Waals surface area contributed by atoms with Gasteiger partial charge in [-0.1, -0.05) is 12.8 Å². The molecule has 4 nitrogen and oxygen atoms in total.